The third-order valence-electron chi connectivity index (χ3n) is 3.19. The number of amides is 1. The zero-order valence-electron chi connectivity index (χ0n) is 10.7. The lowest BCUT2D eigenvalue weighted by atomic mass is 10.1. The number of nitrogens with zero attached hydrogens (tertiary/aromatic N) is 1. The summed E-state index contributed by atoms with van der Waals surface area (Å²) in [5, 5.41) is 0. The summed E-state index contributed by atoms with van der Waals surface area (Å²) in [6.45, 7) is 3.20. The van der Waals surface area contributed by atoms with E-state index < -0.39 is 6.04 Å². The predicted octanol–water partition coefficient (Wildman–Crippen LogP) is 1.40. The van der Waals surface area contributed by atoms with Gasteiger partial charge < -0.3 is 15.4 Å². The van der Waals surface area contributed by atoms with Gasteiger partial charge in [-0.3, -0.25) is 4.79 Å². The highest BCUT2D eigenvalue weighted by atomic mass is 16.5. The van der Waals surface area contributed by atoms with Crippen molar-refractivity contribution in [1.29, 1.82) is 0 Å². The number of piperidine rings is 1. The molecule has 1 heterocycles. The summed E-state index contributed by atoms with van der Waals surface area (Å²) >= 11 is 0. The van der Waals surface area contributed by atoms with Gasteiger partial charge in [-0.1, -0.05) is 18.2 Å². The van der Waals surface area contributed by atoms with Gasteiger partial charge in [-0.05, 0) is 19.1 Å². The third kappa shape index (κ3) is 3.23. The predicted molar refractivity (Wildman–Crippen MR) is 70.3 cm³/mol. The van der Waals surface area contributed by atoms with Crippen molar-refractivity contribution in [2.24, 2.45) is 5.73 Å². The minimum Gasteiger partial charge on any atom is -0.490 e. The Hall–Kier alpha value is -1.55. The summed E-state index contributed by atoms with van der Waals surface area (Å²) in [6, 6.07) is 9.40. The molecule has 0 aliphatic carbocycles. The average molecular weight is 248 g/mol. The maximum Gasteiger partial charge on any atom is 0.239 e. The number of benzene rings is 1. The number of hydrogen-bond acceptors (Lipinski definition) is 3. The molecule has 1 fully saturated rings. The van der Waals surface area contributed by atoms with Crippen LogP contribution in [0.15, 0.2) is 30.3 Å². The standard InChI is InChI=1S/C14H20N2O2/c1-11(15)14(17)16-9-7-13(8-10-16)18-12-5-3-2-4-6-12/h2-6,11,13H,7-10,15H2,1H3/t11-/m0/s1. The van der Waals surface area contributed by atoms with E-state index in [0.717, 1.165) is 31.7 Å². The van der Waals surface area contributed by atoms with Crippen LogP contribution in [0.4, 0.5) is 0 Å². The molecule has 98 valence electrons. The van der Waals surface area contributed by atoms with Gasteiger partial charge in [0.05, 0.1) is 6.04 Å². The number of likely N-dealkylation sites (tertiary alicyclic amines) is 1. The van der Waals surface area contributed by atoms with Crippen LogP contribution in [0.5, 0.6) is 5.75 Å². The summed E-state index contributed by atoms with van der Waals surface area (Å²) in [4.78, 5) is 13.6. The molecule has 1 atom stereocenters. The maximum absolute atomic E-state index is 11.7. The zero-order valence-corrected chi connectivity index (χ0v) is 10.7. The highest BCUT2D eigenvalue weighted by molar-refractivity contribution is 5.81. The Morgan fingerprint density at radius 1 is 1.33 bits per heavy atom. The van der Waals surface area contributed by atoms with Crippen LogP contribution in [-0.2, 0) is 4.79 Å². The number of nitrogens with two attached hydrogens (primary N) is 1. The fourth-order valence-electron chi connectivity index (χ4n) is 2.17. The van der Waals surface area contributed by atoms with Crippen LogP contribution in [0.3, 0.4) is 0 Å². The van der Waals surface area contributed by atoms with Gasteiger partial charge in [-0.2, -0.15) is 0 Å². The van der Waals surface area contributed by atoms with Gasteiger partial charge >= 0.3 is 0 Å². The second-order valence-electron chi connectivity index (χ2n) is 4.74. The first-order valence-corrected chi connectivity index (χ1v) is 6.43. The van der Waals surface area contributed by atoms with Crippen molar-refractivity contribution in [2.45, 2.75) is 31.9 Å². The van der Waals surface area contributed by atoms with E-state index in [0.29, 0.717) is 0 Å². The van der Waals surface area contributed by atoms with Gasteiger partial charge in [0.2, 0.25) is 5.91 Å². The molecule has 4 nitrogen and oxygen atoms in total. The highest BCUT2D eigenvalue weighted by Gasteiger charge is 2.25. The van der Waals surface area contributed by atoms with Crippen LogP contribution in [0.2, 0.25) is 0 Å². The van der Waals surface area contributed by atoms with Crippen molar-refractivity contribution < 1.29 is 9.53 Å². The lowest BCUT2D eigenvalue weighted by Crippen LogP contribution is -2.47. The molecule has 2 rings (SSSR count). The van der Waals surface area contributed by atoms with Crippen molar-refractivity contribution in [3.05, 3.63) is 30.3 Å². The molecule has 1 amide bonds. The van der Waals surface area contributed by atoms with E-state index in [1.165, 1.54) is 0 Å². The summed E-state index contributed by atoms with van der Waals surface area (Å²) in [5.74, 6) is 0.933. The molecule has 2 N–H and O–H groups in total. The molecule has 4 heteroatoms. The van der Waals surface area contributed by atoms with Crippen LogP contribution in [-0.4, -0.2) is 36.0 Å². The van der Waals surface area contributed by atoms with Gasteiger partial charge in [0.1, 0.15) is 11.9 Å². The molecule has 0 unspecified atom stereocenters. The van der Waals surface area contributed by atoms with E-state index in [2.05, 4.69) is 0 Å². The highest BCUT2D eigenvalue weighted by Crippen LogP contribution is 2.18. The van der Waals surface area contributed by atoms with Crippen molar-refractivity contribution in [2.75, 3.05) is 13.1 Å². The Morgan fingerprint density at radius 2 is 1.94 bits per heavy atom. The summed E-state index contributed by atoms with van der Waals surface area (Å²) < 4.78 is 5.87. The number of ether oxygens (including phenoxy) is 1. The number of rotatable bonds is 3. The lowest BCUT2D eigenvalue weighted by Gasteiger charge is -2.33. The molecule has 1 aromatic carbocycles. The zero-order chi connectivity index (χ0) is 13.0. The Labute approximate surface area is 108 Å². The monoisotopic (exact) mass is 248 g/mol. The largest absolute Gasteiger partial charge is 0.490 e. The van der Waals surface area contributed by atoms with E-state index >= 15 is 0 Å². The Kier molecular flexibility index (Phi) is 4.20. The van der Waals surface area contributed by atoms with Crippen LogP contribution < -0.4 is 10.5 Å². The maximum atomic E-state index is 11.7. The minimum atomic E-state index is -0.406. The van der Waals surface area contributed by atoms with Crippen LogP contribution >= 0.6 is 0 Å². The van der Waals surface area contributed by atoms with Crippen molar-refractivity contribution in [3.8, 4) is 5.75 Å². The molecule has 1 aliphatic rings. The van der Waals surface area contributed by atoms with Gasteiger partial charge in [-0.25, -0.2) is 0 Å². The SMILES string of the molecule is C[C@H](N)C(=O)N1CCC(Oc2ccccc2)CC1. The first-order chi connectivity index (χ1) is 8.66. The van der Waals surface area contributed by atoms with Crippen molar-refractivity contribution in [1.82, 2.24) is 4.90 Å². The van der Waals surface area contributed by atoms with E-state index in [9.17, 15) is 4.79 Å². The second kappa shape index (κ2) is 5.87. The molecule has 0 spiro atoms. The first-order valence-electron chi connectivity index (χ1n) is 6.43. The molecule has 0 aromatic heterocycles. The van der Waals surface area contributed by atoms with E-state index in [4.69, 9.17) is 10.5 Å². The van der Waals surface area contributed by atoms with Gasteiger partial charge in [-0.15, -0.1) is 0 Å². The smallest absolute Gasteiger partial charge is 0.239 e. The Balaban J connectivity index is 1.82. The normalized spacial score (nSPS) is 18.4. The fraction of sp³-hybridized carbons (Fsp3) is 0.500. The summed E-state index contributed by atoms with van der Waals surface area (Å²) in [5.41, 5.74) is 5.60. The molecule has 1 aliphatic heterocycles. The van der Waals surface area contributed by atoms with Crippen molar-refractivity contribution in [3.63, 3.8) is 0 Å². The van der Waals surface area contributed by atoms with Crippen LogP contribution in [0.1, 0.15) is 19.8 Å². The average Bonchev–Trinajstić information content (AvgIpc) is 2.40. The van der Waals surface area contributed by atoms with Gasteiger partial charge in [0, 0.05) is 25.9 Å². The Morgan fingerprint density at radius 3 is 2.50 bits per heavy atom. The molecule has 1 saturated heterocycles. The summed E-state index contributed by atoms with van der Waals surface area (Å²) in [6.07, 6.45) is 1.94. The molecule has 1 aromatic rings. The molecule has 0 saturated carbocycles. The van der Waals surface area contributed by atoms with E-state index in [-0.39, 0.29) is 12.0 Å². The third-order valence-corrected chi connectivity index (χ3v) is 3.19. The van der Waals surface area contributed by atoms with E-state index in [1.54, 1.807) is 6.92 Å². The number of para-hydroxylation sites is 1. The molecular weight excluding hydrogens is 228 g/mol. The Bertz CT molecular complexity index is 384. The molecule has 0 radical (unpaired) electrons. The molecule has 0 bridgehead atoms. The molecular formula is C14H20N2O2. The van der Waals surface area contributed by atoms with Gasteiger partial charge in [0.15, 0.2) is 0 Å². The second-order valence-corrected chi connectivity index (χ2v) is 4.74. The summed E-state index contributed by atoms with van der Waals surface area (Å²) in [7, 11) is 0. The minimum absolute atomic E-state index is 0.0353. The number of carbonyl (C=O) groups is 1. The quantitative estimate of drug-likeness (QED) is 0.879. The van der Waals surface area contributed by atoms with Gasteiger partial charge in [0.25, 0.3) is 0 Å². The van der Waals surface area contributed by atoms with Crippen molar-refractivity contribution >= 4 is 5.91 Å². The number of carbonyl (C=O) groups excluding carboxylic acids is 1. The molecule has 18 heavy (non-hydrogen) atoms. The number of hydrogen-bond donors (Lipinski definition) is 1. The van der Waals surface area contributed by atoms with Crippen LogP contribution in [0, 0.1) is 0 Å². The topological polar surface area (TPSA) is 55.6 Å². The fourth-order valence-corrected chi connectivity index (χ4v) is 2.17. The van der Waals surface area contributed by atoms with E-state index in [1.807, 2.05) is 35.2 Å². The van der Waals surface area contributed by atoms with Crippen LogP contribution in [0.25, 0.3) is 0 Å². The first kappa shape index (κ1) is 12.9. The lowest BCUT2D eigenvalue weighted by molar-refractivity contribution is -0.133.